The molecule has 4 aromatic rings. The van der Waals surface area contributed by atoms with Crippen LogP contribution < -0.4 is 10.3 Å². The maximum atomic E-state index is 12.9. The number of nitrogens with zero attached hydrogens (tertiary/aromatic N) is 3. The molecule has 0 unspecified atom stereocenters. The molecule has 1 saturated heterocycles. The van der Waals surface area contributed by atoms with Crippen LogP contribution in [0.5, 0.6) is 5.75 Å². The average molecular weight is 485 g/mol. The number of H-pyrrole nitrogens is 1. The zero-order valence-electron chi connectivity index (χ0n) is 18.4. The molecule has 1 aliphatic heterocycles. The lowest BCUT2D eigenvalue weighted by atomic mass is 9.99. The fourth-order valence-electron chi connectivity index (χ4n) is 4.21. The van der Waals surface area contributed by atoms with Gasteiger partial charge in [0.15, 0.2) is 5.82 Å². The Morgan fingerprint density at radius 3 is 2.79 bits per heavy atom. The van der Waals surface area contributed by atoms with E-state index in [1.54, 1.807) is 23.6 Å². The molecule has 172 valence electrons. The zero-order chi connectivity index (χ0) is 23.2. The van der Waals surface area contributed by atoms with E-state index in [4.69, 9.17) is 4.74 Å². The van der Waals surface area contributed by atoms with Crippen LogP contribution >= 0.6 is 11.3 Å². The van der Waals surface area contributed by atoms with E-state index >= 15 is 0 Å². The number of benzene rings is 1. The molecular formula is C23H24N4O4S2. The van der Waals surface area contributed by atoms with E-state index in [9.17, 15) is 13.2 Å². The third kappa shape index (κ3) is 4.50. The summed E-state index contributed by atoms with van der Waals surface area (Å²) in [6, 6.07) is 7.56. The maximum absolute atomic E-state index is 12.9. The van der Waals surface area contributed by atoms with Crippen molar-refractivity contribution in [2.24, 2.45) is 5.92 Å². The summed E-state index contributed by atoms with van der Waals surface area (Å²) in [5.41, 5.74) is 1.85. The van der Waals surface area contributed by atoms with E-state index in [1.807, 2.05) is 30.5 Å². The van der Waals surface area contributed by atoms with E-state index in [1.165, 1.54) is 10.6 Å². The van der Waals surface area contributed by atoms with Crippen LogP contribution in [0.25, 0.3) is 32.5 Å². The van der Waals surface area contributed by atoms with Crippen LogP contribution in [0.4, 0.5) is 0 Å². The van der Waals surface area contributed by atoms with Gasteiger partial charge < -0.3 is 9.72 Å². The molecule has 1 fully saturated rings. The number of rotatable bonds is 5. The Hall–Kier alpha value is -2.82. The summed E-state index contributed by atoms with van der Waals surface area (Å²) < 4.78 is 32.0. The summed E-state index contributed by atoms with van der Waals surface area (Å²) in [7, 11) is -3.14. The minimum atomic E-state index is -3.14. The minimum Gasteiger partial charge on any atom is -0.493 e. The topological polar surface area (TPSA) is 105 Å². The number of aromatic nitrogens is 3. The Labute approximate surface area is 195 Å². The molecule has 0 spiro atoms. The number of pyridine rings is 1. The highest BCUT2D eigenvalue weighted by Crippen LogP contribution is 2.27. The van der Waals surface area contributed by atoms with Crippen LogP contribution in [-0.4, -0.2) is 53.6 Å². The molecule has 0 atom stereocenters. The van der Waals surface area contributed by atoms with Gasteiger partial charge in [0.05, 0.1) is 28.5 Å². The number of sulfonamides is 1. The summed E-state index contributed by atoms with van der Waals surface area (Å²) in [5, 5.41) is 3.54. The van der Waals surface area contributed by atoms with Crippen molar-refractivity contribution >= 4 is 42.3 Å². The molecule has 8 nitrogen and oxygen atoms in total. The number of piperidine rings is 1. The Bertz CT molecular complexity index is 1500. The van der Waals surface area contributed by atoms with Gasteiger partial charge in [-0.15, -0.1) is 11.3 Å². The lowest BCUT2D eigenvalue weighted by molar-refractivity contribution is 0.186. The van der Waals surface area contributed by atoms with E-state index in [0.717, 1.165) is 28.5 Å². The second-order valence-electron chi connectivity index (χ2n) is 8.50. The minimum absolute atomic E-state index is 0.239. The number of aromatic amines is 1. The largest absolute Gasteiger partial charge is 0.493 e. The van der Waals surface area contributed by atoms with Crippen molar-refractivity contribution in [1.82, 2.24) is 19.3 Å². The van der Waals surface area contributed by atoms with Crippen LogP contribution in [0, 0.1) is 12.8 Å². The van der Waals surface area contributed by atoms with Gasteiger partial charge >= 0.3 is 0 Å². The fourth-order valence-corrected chi connectivity index (χ4v) is 5.82. The van der Waals surface area contributed by atoms with Crippen molar-refractivity contribution in [3.05, 3.63) is 51.8 Å². The van der Waals surface area contributed by atoms with Crippen LogP contribution in [0.1, 0.15) is 18.4 Å². The lowest BCUT2D eigenvalue weighted by Gasteiger charge is -2.30. The molecule has 0 bridgehead atoms. The highest BCUT2D eigenvalue weighted by Gasteiger charge is 2.25. The molecule has 0 amide bonds. The smallest absolute Gasteiger partial charge is 0.259 e. The van der Waals surface area contributed by atoms with Gasteiger partial charge in [-0.25, -0.2) is 17.7 Å². The van der Waals surface area contributed by atoms with Crippen molar-refractivity contribution in [3.8, 4) is 17.3 Å². The van der Waals surface area contributed by atoms with Gasteiger partial charge in [-0.3, -0.25) is 9.78 Å². The first-order valence-electron chi connectivity index (χ1n) is 10.7. The zero-order valence-corrected chi connectivity index (χ0v) is 20.0. The Balaban J connectivity index is 1.36. The summed E-state index contributed by atoms with van der Waals surface area (Å²) in [6.45, 7) is 3.42. The molecule has 0 aliphatic carbocycles. The Kier molecular flexibility index (Phi) is 5.67. The molecule has 33 heavy (non-hydrogen) atoms. The number of ether oxygens (including phenoxy) is 1. The molecule has 1 N–H and O–H groups in total. The molecular weight excluding hydrogens is 460 g/mol. The molecule has 5 rings (SSSR count). The third-order valence-electron chi connectivity index (χ3n) is 6.09. The van der Waals surface area contributed by atoms with E-state index < -0.39 is 10.0 Å². The first-order valence-corrected chi connectivity index (χ1v) is 13.5. The van der Waals surface area contributed by atoms with Crippen LogP contribution in [0.2, 0.25) is 0 Å². The lowest BCUT2D eigenvalue weighted by Crippen LogP contribution is -2.39. The summed E-state index contributed by atoms with van der Waals surface area (Å²) in [4.78, 5) is 24.9. The average Bonchev–Trinajstić information content (AvgIpc) is 3.26. The molecule has 3 aromatic heterocycles. The first kappa shape index (κ1) is 22.0. The number of fused-ring (bicyclic) bond motifs is 2. The number of nitrogens with one attached hydrogen (secondary N) is 1. The molecule has 0 radical (unpaired) electrons. The highest BCUT2D eigenvalue weighted by atomic mass is 32.2. The normalized spacial score (nSPS) is 15.9. The second kappa shape index (κ2) is 8.51. The first-order chi connectivity index (χ1) is 15.8. The fraction of sp³-hybridized carbons (Fsp3) is 0.348. The predicted molar refractivity (Wildman–Crippen MR) is 130 cm³/mol. The predicted octanol–water partition coefficient (Wildman–Crippen LogP) is 3.56. The van der Waals surface area contributed by atoms with Gasteiger partial charge in [-0.1, -0.05) is 0 Å². The molecule has 1 aliphatic rings. The van der Waals surface area contributed by atoms with Crippen LogP contribution in [-0.2, 0) is 10.0 Å². The summed E-state index contributed by atoms with van der Waals surface area (Å²) in [5.74, 6) is 1.33. The number of thiophene rings is 1. The monoisotopic (exact) mass is 484 g/mol. The van der Waals surface area contributed by atoms with Gasteiger partial charge in [0.25, 0.3) is 5.56 Å². The Morgan fingerprint density at radius 2 is 2.03 bits per heavy atom. The highest BCUT2D eigenvalue weighted by molar-refractivity contribution is 7.88. The van der Waals surface area contributed by atoms with Gasteiger partial charge in [-0.05, 0) is 66.3 Å². The van der Waals surface area contributed by atoms with E-state index in [-0.39, 0.29) is 11.5 Å². The van der Waals surface area contributed by atoms with Crippen molar-refractivity contribution < 1.29 is 13.2 Å². The third-order valence-corrected chi connectivity index (χ3v) is 8.26. The maximum Gasteiger partial charge on any atom is 0.259 e. The molecule has 0 saturated carbocycles. The standard InChI is InChI=1S/C23H24N4O4S2/c1-14-9-17(31-13-15-3-6-27(7-4-15)33(2,29)30)11-18-21(14)25-22(26-23(18)28)19-10-16-5-8-32-20(16)12-24-19/h5,8-12,15H,3-4,6-7,13H2,1-2H3,(H,25,26,28). The molecule has 4 heterocycles. The van der Waals surface area contributed by atoms with E-state index in [0.29, 0.717) is 47.9 Å². The van der Waals surface area contributed by atoms with Gasteiger partial charge in [-0.2, -0.15) is 0 Å². The number of hydrogen-bond donors (Lipinski definition) is 1. The Morgan fingerprint density at radius 1 is 1.24 bits per heavy atom. The SMILES string of the molecule is Cc1cc(OCC2CCN(S(C)(=O)=O)CC2)cc2c(=O)[nH]c(-c3cc4ccsc4cn3)nc12. The number of hydrogen-bond acceptors (Lipinski definition) is 7. The van der Waals surface area contributed by atoms with Gasteiger partial charge in [0, 0.05) is 19.3 Å². The van der Waals surface area contributed by atoms with Crippen molar-refractivity contribution in [2.45, 2.75) is 19.8 Å². The quantitative estimate of drug-likeness (QED) is 0.464. The van der Waals surface area contributed by atoms with Crippen molar-refractivity contribution in [2.75, 3.05) is 26.0 Å². The van der Waals surface area contributed by atoms with Crippen LogP contribution in [0.3, 0.4) is 0 Å². The van der Waals surface area contributed by atoms with Gasteiger partial charge in [0.2, 0.25) is 10.0 Å². The molecule has 10 heteroatoms. The van der Waals surface area contributed by atoms with Crippen molar-refractivity contribution in [3.63, 3.8) is 0 Å². The van der Waals surface area contributed by atoms with E-state index in [2.05, 4.69) is 15.0 Å². The second-order valence-corrected chi connectivity index (χ2v) is 11.4. The molecule has 1 aromatic carbocycles. The van der Waals surface area contributed by atoms with Crippen molar-refractivity contribution in [1.29, 1.82) is 0 Å². The summed E-state index contributed by atoms with van der Waals surface area (Å²) >= 11 is 1.62. The summed E-state index contributed by atoms with van der Waals surface area (Å²) in [6.07, 6.45) is 4.55. The van der Waals surface area contributed by atoms with Crippen LogP contribution in [0.15, 0.2) is 40.6 Å². The number of aryl methyl sites for hydroxylation is 1. The van der Waals surface area contributed by atoms with Gasteiger partial charge in [0.1, 0.15) is 11.4 Å².